The minimum absolute atomic E-state index is 0.863. The zero-order chi connectivity index (χ0) is 8.53. The van der Waals surface area contributed by atoms with Gasteiger partial charge in [-0.25, -0.2) is 0 Å². The van der Waals surface area contributed by atoms with Crippen LogP contribution in [0.25, 0.3) is 0 Å². The minimum atomic E-state index is 0.863. The summed E-state index contributed by atoms with van der Waals surface area (Å²) in [6, 6.07) is 0. The van der Waals surface area contributed by atoms with Crippen LogP contribution in [0.2, 0.25) is 0 Å². The van der Waals surface area contributed by atoms with Crippen molar-refractivity contribution < 1.29 is 0 Å². The van der Waals surface area contributed by atoms with Gasteiger partial charge in [0, 0.05) is 6.54 Å². The van der Waals surface area contributed by atoms with Crippen LogP contribution in [-0.2, 0) is 0 Å². The molecular formula is C10H21N. The number of unbranched alkanes of at least 4 members (excludes halogenated alkanes) is 2. The molecule has 0 rings (SSSR count). The quantitative estimate of drug-likeness (QED) is 0.557. The highest BCUT2D eigenvalue weighted by molar-refractivity contribution is 4.62. The van der Waals surface area contributed by atoms with E-state index in [-0.39, 0.29) is 0 Å². The van der Waals surface area contributed by atoms with E-state index in [0.29, 0.717) is 0 Å². The molecule has 0 aliphatic rings. The van der Waals surface area contributed by atoms with E-state index in [2.05, 4.69) is 25.7 Å². The molecule has 1 nitrogen and oxygen atoms in total. The van der Waals surface area contributed by atoms with Crippen LogP contribution < -0.4 is 5.32 Å². The normalized spacial score (nSPS) is 10.1. The lowest BCUT2D eigenvalue weighted by Gasteiger charge is -2.03. The molecule has 0 aromatic carbocycles. The summed E-state index contributed by atoms with van der Waals surface area (Å²) in [5.74, 6) is 0.863. The van der Waals surface area contributed by atoms with Gasteiger partial charge in [-0.15, -0.1) is 0 Å². The third kappa shape index (κ3) is 9.54. The Morgan fingerprint density at radius 2 is 2.00 bits per heavy atom. The van der Waals surface area contributed by atoms with Gasteiger partial charge in [0.15, 0.2) is 0 Å². The van der Waals surface area contributed by atoms with Crippen molar-refractivity contribution in [1.82, 2.24) is 5.32 Å². The molecule has 1 N–H and O–H groups in total. The van der Waals surface area contributed by atoms with E-state index in [1.165, 1.54) is 25.7 Å². The van der Waals surface area contributed by atoms with Gasteiger partial charge in [-0.05, 0) is 18.5 Å². The number of hydrogen-bond donors (Lipinski definition) is 1. The lowest BCUT2D eigenvalue weighted by molar-refractivity contribution is 0.524. The van der Waals surface area contributed by atoms with Crippen LogP contribution in [0.4, 0.5) is 0 Å². The molecule has 0 aliphatic heterocycles. The second kappa shape index (κ2) is 7.64. The summed E-state index contributed by atoms with van der Waals surface area (Å²) in [5, 5.41) is 3.10. The number of hydrogen-bond acceptors (Lipinski definition) is 1. The molecule has 0 heterocycles. The van der Waals surface area contributed by atoms with Crippen molar-refractivity contribution in [1.29, 1.82) is 0 Å². The van der Waals surface area contributed by atoms with E-state index in [9.17, 15) is 0 Å². The summed E-state index contributed by atoms with van der Waals surface area (Å²) in [4.78, 5) is 0. The Morgan fingerprint density at radius 3 is 2.55 bits per heavy atom. The second-order valence-electron chi connectivity index (χ2n) is 3.40. The van der Waals surface area contributed by atoms with Gasteiger partial charge in [0.05, 0.1) is 0 Å². The van der Waals surface area contributed by atoms with Crippen molar-refractivity contribution in [3.8, 4) is 0 Å². The zero-order valence-corrected chi connectivity index (χ0v) is 7.90. The maximum Gasteiger partial charge on any atom is 0.0141 e. The number of rotatable bonds is 7. The highest BCUT2D eigenvalue weighted by atomic mass is 14.8. The predicted molar refractivity (Wildman–Crippen MR) is 51.5 cm³/mol. The molecule has 0 aromatic heterocycles. The predicted octanol–water partition coefficient (Wildman–Crippen LogP) is 2.94. The van der Waals surface area contributed by atoms with E-state index in [4.69, 9.17) is 0 Å². The minimum Gasteiger partial charge on any atom is -0.391 e. The highest BCUT2D eigenvalue weighted by Gasteiger charge is 1.92. The Balaban J connectivity index is 2.85. The smallest absolute Gasteiger partial charge is 0.0141 e. The van der Waals surface area contributed by atoms with Gasteiger partial charge in [-0.3, -0.25) is 0 Å². The second-order valence-corrected chi connectivity index (χ2v) is 3.40. The molecule has 0 radical (unpaired) electrons. The fraction of sp³-hybridized carbons (Fsp3) is 0.800. The van der Waals surface area contributed by atoms with Crippen LogP contribution >= 0.6 is 0 Å². The zero-order valence-electron chi connectivity index (χ0n) is 7.90. The first-order chi connectivity index (χ1) is 5.27. The average Bonchev–Trinajstić information content (AvgIpc) is 1.96. The lowest BCUT2D eigenvalue weighted by atomic mass is 10.1. The Hall–Kier alpha value is -0.460. The Kier molecular flexibility index (Phi) is 7.33. The van der Waals surface area contributed by atoms with E-state index in [0.717, 1.165) is 12.5 Å². The van der Waals surface area contributed by atoms with Gasteiger partial charge < -0.3 is 5.32 Å². The fourth-order valence-corrected chi connectivity index (χ4v) is 1.06. The van der Waals surface area contributed by atoms with Gasteiger partial charge in [-0.2, -0.15) is 0 Å². The molecule has 1 heteroatoms. The van der Waals surface area contributed by atoms with Gasteiger partial charge in [0.1, 0.15) is 0 Å². The maximum atomic E-state index is 3.60. The summed E-state index contributed by atoms with van der Waals surface area (Å²) in [5.41, 5.74) is 0. The molecule has 0 amide bonds. The maximum absolute atomic E-state index is 3.60. The van der Waals surface area contributed by atoms with Crippen LogP contribution in [0.3, 0.4) is 0 Å². The largest absolute Gasteiger partial charge is 0.391 e. The van der Waals surface area contributed by atoms with Crippen LogP contribution in [0.15, 0.2) is 12.8 Å². The fourth-order valence-electron chi connectivity index (χ4n) is 1.06. The summed E-state index contributed by atoms with van der Waals surface area (Å²) in [6.45, 7) is 9.24. The van der Waals surface area contributed by atoms with Crippen molar-refractivity contribution in [3.63, 3.8) is 0 Å². The Morgan fingerprint density at radius 1 is 1.27 bits per heavy atom. The third-order valence-electron chi connectivity index (χ3n) is 1.75. The molecule has 0 spiro atoms. The van der Waals surface area contributed by atoms with Crippen LogP contribution in [0, 0.1) is 5.92 Å². The molecule has 0 saturated carbocycles. The molecule has 0 aromatic rings. The summed E-state index contributed by atoms with van der Waals surface area (Å²) in [7, 11) is 0. The first-order valence-electron chi connectivity index (χ1n) is 4.61. The first-order valence-corrected chi connectivity index (χ1v) is 4.61. The van der Waals surface area contributed by atoms with Crippen LogP contribution in [-0.4, -0.2) is 6.54 Å². The van der Waals surface area contributed by atoms with Gasteiger partial charge in [0.2, 0.25) is 0 Å². The lowest BCUT2D eigenvalue weighted by Crippen LogP contribution is -2.05. The summed E-state index contributed by atoms with van der Waals surface area (Å²) in [6.07, 6.45) is 7.13. The standard InChI is InChI=1S/C10H21N/c1-4-11-9-7-5-6-8-10(2)3/h4,10-11H,1,5-9H2,2-3H3. The molecule has 0 unspecified atom stereocenters. The Labute approximate surface area is 70.9 Å². The summed E-state index contributed by atoms with van der Waals surface area (Å²) >= 11 is 0. The number of nitrogens with one attached hydrogen (secondary N) is 1. The monoisotopic (exact) mass is 155 g/mol. The molecule has 66 valence electrons. The van der Waals surface area contributed by atoms with E-state index >= 15 is 0 Å². The average molecular weight is 155 g/mol. The van der Waals surface area contributed by atoms with Crippen LogP contribution in [0.5, 0.6) is 0 Å². The molecule has 0 bridgehead atoms. The SMILES string of the molecule is C=CNCCCCCC(C)C. The molecule has 0 fully saturated rings. The van der Waals surface area contributed by atoms with Crippen molar-refractivity contribution in [3.05, 3.63) is 12.8 Å². The van der Waals surface area contributed by atoms with Crippen molar-refractivity contribution in [2.45, 2.75) is 39.5 Å². The van der Waals surface area contributed by atoms with Crippen molar-refractivity contribution in [2.24, 2.45) is 5.92 Å². The van der Waals surface area contributed by atoms with Gasteiger partial charge >= 0.3 is 0 Å². The van der Waals surface area contributed by atoms with Gasteiger partial charge in [0.25, 0.3) is 0 Å². The molecule has 0 aliphatic carbocycles. The topological polar surface area (TPSA) is 12.0 Å². The molecule has 0 saturated heterocycles. The van der Waals surface area contributed by atoms with Crippen molar-refractivity contribution >= 4 is 0 Å². The van der Waals surface area contributed by atoms with Crippen molar-refractivity contribution in [2.75, 3.05) is 6.54 Å². The van der Waals surface area contributed by atoms with Crippen LogP contribution in [0.1, 0.15) is 39.5 Å². The first kappa shape index (κ1) is 10.5. The third-order valence-corrected chi connectivity index (χ3v) is 1.75. The van der Waals surface area contributed by atoms with Gasteiger partial charge in [-0.1, -0.05) is 39.7 Å². The summed E-state index contributed by atoms with van der Waals surface area (Å²) < 4.78 is 0. The van der Waals surface area contributed by atoms with E-state index < -0.39 is 0 Å². The van der Waals surface area contributed by atoms with E-state index in [1.807, 2.05) is 0 Å². The van der Waals surface area contributed by atoms with E-state index in [1.54, 1.807) is 6.20 Å². The molecule has 0 atom stereocenters. The Bertz CT molecular complexity index is 86.9. The molecule has 11 heavy (non-hydrogen) atoms. The molecular weight excluding hydrogens is 134 g/mol. The highest BCUT2D eigenvalue weighted by Crippen LogP contribution is 2.07.